The lowest BCUT2D eigenvalue weighted by atomic mass is 9.90. The summed E-state index contributed by atoms with van der Waals surface area (Å²) in [5.41, 5.74) is 0.796. The third-order valence-corrected chi connectivity index (χ3v) is 4.85. The molecular formula is C16H23BrN6O2. The number of aromatic nitrogens is 4. The molecule has 2 N–H and O–H groups in total. The largest absolute Gasteiger partial charge is 0.444 e. The summed E-state index contributed by atoms with van der Waals surface area (Å²) in [4.78, 5) is 18.8. The van der Waals surface area contributed by atoms with Crippen LogP contribution in [0.1, 0.15) is 40.5 Å². The van der Waals surface area contributed by atoms with E-state index in [0.717, 1.165) is 47.3 Å². The number of aromatic amines is 1. The molecule has 136 valence electrons. The van der Waals surface area contributed by atoms with Gasteiger partial charge in [-0.15, -0.1) is 5.10 Å². The van der Waals surface area contributed by atoms with Gasteiger partial charge in [-0.3, -0.25) is 5.10 Å². The maximum atomic E-state index is 12.1. The lowest BCUT2D eigenvalue weighted by Crippen LogP contribution is -2.54. The minimum atomic E-state index is -0.498. The maximum absolute atomic E-state index is 12.1. The molecule has 0 aromatic carbocycles. The highest BCUT2D eigenvalue weighted by molar-refractivity contribution is 9.10. The predicted molar refractivity (Wildman–Crippen MR) is 98.6 cm³/mol. The third-order valence-electron chi connectivity index (χ3n) is 4.27. The summed E-state index contributed by atoms with van der Waals surface area (Å²) in [7, 11) is 0. The van der Waals surface area contributed by atoms with Crippen LogP contribution in [0.25, 0.3) is 11.0 Å². The number of halogens is 1. The molecule has 0 bridgehead atoms. The summed E-state index contributed by atoms with van der Waals surface area (Å²) in [6.45, 7) is 9.18. The van der Waals surface area contributed by atoms with E-state index < -0.39 is 5.60 Å². The second kappa shape index (κ2) is 6.44. The van der Waals surface area contributed by atoms with Crippen LogP contribution in [0.3, 0.4) is 0 Å². The van der Waals surface area contributed by atoms with Crippen LogP contribution in [0.2, 0.25) is 0 Å². The van der Waals surface area contributed by atoms with Crippen molar-refractivity contribution in [1.82, 2.24) is 25.7 Å². The van der Waals surface area contributed by atoms with Gasteiger partial charge in [0.15, 0.2) is 5.82 Å². The Kier molecular flexibility index (Phi) is 4.61. The normalized spacial score (nSPS) is 17.6. The fourth-order valence-electron chi connectivity index (χ4n) is 2.92. The fourth-order valence-corrected chi connectivity index (χ4v) is 3.30. The van der Waals surface area contributed by atoms with E-state index in [4.69, 9.17) is 4.74 Å². The van der Waals surface area contributed by atoms with Gasteiger partial charge < -0.3 is 15.0 Å². The van der Waals surface area contributed by atoms with Crippen molar-refractivity contribution >= 4 is 38.9 Å². The number of fused-ring (bicyclic) bond motifs is 1. The van der Waals surface area contributed by atoms with Crippen molar-refractivity contribution < 1.29 is 9.53 Å². The first kappa shape index (κ1) is 17.9. The monoisotopic (exact) mass is 410 g/mol. The molecule has 0 saturated carbocycles. The van der Waals surface area contributed by atoms with Crippen LogP contribution < -0.4 is 10.2 Å². The van der Waals surface area contributed by atoms with Crippen LogP contribution in [0.4, 0.5) is 10.6 Å². The molecule has 0 atom stereocenters. The first-order valence-corrected chi connectivity index (χ1v) is 9.08. The second-order valence-electron chi connectivity index (χ2n) is 7.64. The molecule has 3 rings (SSSR count). The van der Waals surface area contributed by atoms with Gasteiger partial charge in [0.25, 0.3) is 0 Å². The highest BCUT2D eigenvalue weighted by atomic mass is 79.9. The van der Waals surface area contributed by atoms with Gasteiger partial charge in [-0.2, -0.15) is 0 Å². The smallest absolute Gasteiger partial charge is 0.408 e. The number of alkyl carbamates (subject to hydrolysis) is 1. The fraction of sp³-hybridized carbons (Fsp3) is 0.625. The number of nitrogens with one attached hydrogen (secondary N) is 2. The Morgan fingerprint density at radius 1 is 1.40 bits per heavy atom. The molecule has 0 spiro atoms. The predicted octanol–water partition coefficient (Wildman–Crippen LogP) is 3.00. The second-order valence-corrected chi connectivity index (χ2v) is 8.49. The first-order chi connectivity index (χ1) is 11.7. The highest BCUT2D eigenvalue weighted by Gasteiger charge is 2.34. The number of piperidine rings is 1. The first-order valence-electron chi connectivity index (χ1n) is 8.28. The van der Waals surface area contributed by atoms with Crippen molar-refractivity contribution in [3.05, 3.63) is 10.7 Å². The van der Waals surface area contributed by atoms with Gasteiger partial charge in [-0.25, -0.2) is 9.78 Å². The van der Waals surface area contributed by atoms with E-state index in [9.17, 15) is 4.79 Å². The van der Waals surface area contributed by atoms with Crippen LogP contribution in [-0.4, -0.2) is 50.7 Å². The molecule has 3 heterocycles. The van der Waals surface area contributed by atoms with Crippen LogP contribution >= 0.6 is 15.9 Å². The third kappa shape index (κ3) is 4.02. The Hall–Kier alpha value is -1.90. The van der Waals surface area contributed by atoms with Gasteiger partial charge in [-0.05, 0) is 56.5 Å². The summed E-state index contributed by atoms with van der Waals surface area (Å²) in [5.74, 6) is 0.836. The molecule has 1 aliphatic heterocycles. The van der Waals surface area contributed by atoms with Crippen molar-refractivity contribution in [3.63, 3.8) is 0 Å². The number of H-pyrrole nitrogens is 1. The Balaban J connectivity index is 1.68. The number of pyridine rings is 1. The van der Waals surface area contributed by atoms with Crippen molar-refractivity contribution in [1.29, 1.82) is 0 Å². The zero-order valence-electron chi connectivity index (χ0n) is 14.9. The van der Waals surface area contributed by atoms with Gasteiger partial charge in [-0.1, -0.05) is 5.21 Å². The molecule has 0 unspecified atom stereocenters. The molecule has 25 heavy (non-hydrogen) atoms. The molecule has 0 aliphatic carbocycles. The zero-order valence-corrected chi connectivity index (χ0v) is 16.5. The minimum Gasteiger partial charge on any atom is -0.444 e. The van der Waals surface area contributed by atoms with Gasteiger partial charge >= 0.3 is 6.09 Å². The highest BCUT2D eigenvalue weighted by Crippen LogP contribution is 2.31. The Morgan fingerprint density at radius 2 is 2.08 bits per heavy atom. The molecule has 2 aromatic heterocycles. The van der Waals surface area contributed by atoms with Gasteiger partial charge in [0, 0.05) is 24.8 Å². The van der Waals surface area contributed by atoms with E-state index in [1.165, 1.54) is 0 Å². The van der Waals surface area contributed by atoms with E-state index in [0.29, 0.717) is 0 Å². The van der Waals surface area contributed by atoms with Crippen LogP contribution in [0.5, 0.6) is 0 Å². The van der Waals surface area contributed by atoms with Crippen molar-refractivity contribution in [3.8, 4) is 0 Å². The van der Waals surface area contributed by atoms with E-state index in [1.807, 2.05) is 20.8 Å². The van der Waals surface area contributed by atoms with Crippen molar-refractivity contribution in [2.45, 2.75) is 51.7 Å². The van der Waals surface area contributed by atoms with Crippen molar-refractivity contribution in [2.75, 3.05) is 18.0 Å². The van der Waals surface area contributed by atoms with E-state index in [1.54, 1.807) is 6.20 Å². The number of amides is 1. The molecule has 0 radical (unpaired) electrons. The average Bonchev–Trinajstić information content (AvgIpc) is 2.97. The summed E-state index contributed by atoms with van der Waals surface area (Å²) >= 11 is 3.44. The number of hydrogen-bond acceptors (Lipinski definition) is 6. The van der Waals surface area contributed by atoms with Crippen LogP contribution in [0, 0.1) is 0 Å². The van der Waals surface area contributed by atoms with E-state index in [2.05, 4.69) is 53.5 Å². The summed E-state index contributed by atoms with van der Waals surface area (Å²) in [6, 6.07) is 0. The SMILES string of the molecule is CC1(NC(=O)OC(C)(C)C)CCN(c2ncc(Br)c3nn[nH]c23)CC1. The summed E-state index contributed by atoms with van der Waals surface area (Å²) < 4.78 is 6.19. The number of hydrogen-bond donors (Lipinski definition) is 2. The maximum Gasteiger partial charge on any atom is 0.408 e. The van der Waals surface area contributed by atoms with Crippen molar-refractivity contribution in [2.24, 2.45) is 0 Å². The van der Waals surface area contributed by atoms with Gasteiger partial charge in [0.05, 0.1) is 4.47 Å². The average molecular weight is 411 g/mol. The summed E-state index contributed by atoms with van der Waals surface area (Å²) in [6.07, 6.45) is 2.97. The zero-order chi connectivity index (χ0) is 18.2. The number of nitrogens with zero attached hydrogens (tertiary/aromatic N) is 4. The number of rotatable bonds is 2. The van der Waals surface area contributed by atoms with E-state index in [-0.39, 0.29) is 11.6 Å². The van der Waals surface area contributed by atoms with Crippen LogP contribution in [0.15, 0.2) is 10.7 Å². The molecular weight excluding hydrogens is 388 g/mol. The molecule has 1 saturated heterocycles. The number of ether oxygens (including phenoxy) is 1. The quantitative estimate of drug-likeness (QED) is 0.789. The standard InChI is InChI=1S/C16H23BrN6O2/c1-15(2,3)25-14(24)19-16(4)5-7-23(8-6-16)13-12-11(20-22-21-12)10(17)9-18-13/h9H,5-8H2,1-4H3,(H,19,24)(H,20,21,22). The molecule has 9 heteroatoms. The number of carbonyl (C=O) groups excluding carboxylic acids is 1. The summed E-state index contributed by atoms with van der Waals surface area (Å²) in [5, 5.41) is 13.9. The number of anilines is 1. The minimum absolute atomic E-state index is 0.292. The lowest BCUT2D eigenvalue weighted by molar-refractivity contribution is 0.0448. The number of carbonyl (C=O) groups is 1. The molecule has 8 nitrogen and oxygen atoms in total. The Bertz CT molecular complexity index is 777. The van der Waals surface area contributed by atoms with Gasteiger partial charge in [0.1, 0.15) is 16.6 Å². The molecule has 1 amide bonds. The Labute approximate surface area is 154 Å². The molecule has 1 fully saturated rings. The molecule has 1 aliphatic rings. The topological polar surface area (TPSA) is 96.0 Å². The Morgan fingerprint density at radius 3 is 2.72 bits per heavy atom. The molecule has 2 aromatic rings. The lowest BCUT2D eigenvalue weighted by Gasteiger charge is -2.40. The van der Waals surface area contributed by atoms with Crippen LogP contribution in [-0.2, 0) is 4.74 Å². The van der Waals surface area contributed by atoms with E-state index >= 15 is 0 Å². The van der Waals surface area contributed by atoms with Gasteiger partial charge in [0.2, 0.25) is 0 Å².